The summed E-state index contributed by atoms with van der Waals surface area (Å²) in [7, 11) is 0. The molecule has 3 N–H and O–H groups in total. The summed E-state index contributed by atoms with van der Waals surface area (Å²) in [5.41, 5.74) is 7.19. The molecule has 1 heterocycles. The molecule has 2 aromatic rings. The molecule has 0 saturated carbocycles. The number of hydrogen-bond acceptors (Lipinski definition) is 4. The standard InChI is InChI=1S/C15H20N4/c1-11-10-14(12(2)19-18-11)15(17-16)9-8-13-6-4-3-5-7-13/h3-7,10,15,17H,8-9,16H2,1-2H3. The van der Waals surface area contributed by atoms with Crippen molar-refractivity contribution in [2.24, 2.45) is 5.84 Å². The van der Waals surface area contributed by atoms with Gasteiger partial charge in [-0.2, -0.15) is 10.2 Å². The van der Waals surface area contributed by atoms with Crippen LogP contribution in [0.25, 0.3) is 0 Å². The molecule has 0 saturated heterocycles. The second-order valence-electron chi connectivity index (χ2n) is 4.77. The first kappa shape index (κ1) is 13.6. The van der Waals surface area contributed by atoms with Gasteiger partial charge in [0.1, 0.15) is 0 Å². The number of rotatable bonds is 5. The molecule has 2 rings (SSSR count). The zero-order valence-corrected chi connectivity index (χ0v) is 11.4. The number of benzene rings is 1. The van der Waals surface area contributed by atoms with Gasteiger partial charge in [-0.1, -0.05) is 30.3 Å². The van der Waals surface area contributed by atoms with E-state index in [1.807, 2.05) is 19.9 Å². The van der Waals surface area contributed by atoms with Crippen molar-refractivity contribution < 1.29 is 0 Å². The Hall–Kier alpha value is -1.78. The van der Waals surface area contributed by atoms with Crippen molar-refractivity contribution in [2.45, 2.75) is 32.7 Å². The maximum atomic E-state index is 5.69. The molecular formula is C15H20N4. The van der Waals surface area contributed by atoms with E-state index in [0.717, 1.165) is 29.8 Å². The van der Waals surface area contributed by atoms with Crippen LogP contribution in [0.3, 0.4) is 0 Å². The minimum Gasteiger partial charge on any atom is -0.271 e. The minimum atomic E-state index is 0.106. The van der Waals surface area contributed by atoms with E-state index in [4.69, 9.17) is 5.84 Å². The van der Waals surface area contributed by atoms with Crippen LogP contribution < -0.4 is 11.3 Å². The van der Waals surface area contributed by atoms with Gasteiger partial charge in [0.05, 0.1) is 11.4 Å². The number of hydrogen-bond donors (Lipinski definition) is 2. The van der Waals surface area contributed by atoms with E-state index < -0.39 is 0 Å². The van der Waals surface area contributed by atoms with Gasteiger partial charge in [0, 0.05) is 6.04 Å². The van der Waals surface area contributed by atoms with Crippen molar-refractivity contribution in [3.8, 4) is 0 Å². The van der Waals surface area contributed by atoms with Gasteiger partial charge >= 0.3 is 0 Å². The molecule has 4 heteroatoms. The zero-order valence-electron chi connectivity index (χ0n) is 11.4. The Morgan fingerprint density at radius 2 is 1.89 bits per heavy atom. The highest BCUT2D eigenvalue weighted by Gasteiger charge is 2.13. The highest BCUT2D eigenvalue weighted by Crippen LogP contribution is 2.20. The lowest BCUT2D eigenvalue weighted by Crippen LogP contribution is -2.29. The Bertz CT molecular complexity index is 525. The fourth-order valence-corrected chi connectivity index (χ4v) is 2.21. The van der Waals surface area contributed by atoms with Gasteiger partial charge in [-0.15, -0.1) is 0 Å². The van der Waals surface area contributed by atoms with E-state index in [0.29, 0.717) is 0 Å². The van der Waals surface area contributed by atoms with Crippen LogP contribution in [0, 0.1) is 13.8 Å². The maximum Gasteiger partial charge on any atom is 0.0648 e. The first-order chi connectivity index (χ1) is 9.20. The average molecular weight is 256 g/mol. The molecule has 4 nitrogen and oxygen atoms in total. The highest BCUT2D eigenvalue weighted by atomic mass is 15.2. The fourth-order valence-electron chi connectivity index (χ4n) is 2.21. The van der Waals surface area contributed by atoms with Crippen LogP contribution in [0.1, 0.15) is 35.0 Å². The van der Waals surface area contributed by atoms with E-state index >= 15 is 0 Å². The number of nitrogens with zero attached hydrogens (tertiary/aromatic N) is 2. The van der Waals surface area contributed by atoms with E-state index in [9.17, 15) is 0 Å². The number of hydrazine groups is 1. The molecule has 0 amide bonds. The first-order valence-corrected chi connectivity index (χ1v) is 6.51. The minimum absolute atomic E-state index is 0.106. The summed E-state index contributed by atoms with van der Waals surface area (Å²) in [5.74, 6) is 5.69. The van der Waals surface area contributed by atoms with Gasteiger partial charge in [0.15, 0.2) is 0 Å². The number of nitrogens with two attached hydrogens (primary N) is 1. The fraction of sp³-hybridized carbons (Fsp3) is 0.333. The van der Waals surface area contributed by atoms with Crippen LogP contribution in [0.4, 0.5) is 0 Å². The second-order valence-corrected chi connectivity index (χ2v) is 4.77. The largest absolute Gasteiger partial charge is 0.271 e. The Balaban J connectivity index is 2.10. The average Bonchev–Trinajstić information content (AvgIpc) is 2.44. The monoisotopic (exact) mass is 256 g/mol. The highest BCUT2D eigenvalue weighted by molar-refractivity contribution is 5.24. The Kier molecular flexibility index (Phi) is 4.60. The third-order valence-electron chi connectivity index (χ3n) is 3.28. The van der Waals surface area contributed by atoms with Crippen molar-refractivity contribution in [1.29, 1.82) is 0 Å². The SMILES string of the molecule is Cc1cc(C(CCc2ccccc2)NN)c(C)nn1. The molecule has 0 fully saturated rings. The molecule has 1 unspecified atom stereocenters. The molecular weight excluding hydrogens is 236 g/mol. The Labute approximate surface area is 114 Å². The van der Waals surface area contributed by atoms with Gasteiger partial charge in [-0.3, -0.25) is 11.3 Å². The lowest BCUT2D eigenvalue weighted by Gasteiger charge is -2.18. The van der Waals surface area contributed by atoms with Crippen LogP contribution in [-0.4, -0.2) is 10.2 Å². The van der Waals surface area contributed by atoms with E-state index in [-0.39, 0.29) is 6.04 Å². The van der Waals surface area contributed by atoms with Crippen LogP contribution >= 0.6 is 0 Å². The van der Waals surface area contributed by atoms with E-state index in [1.54, 1.807) is 0 Å². The predicted octanol–water partition coefficient (Wildman–Crippen LogP) is 2.23. The summed E-state index contributed by atoms with van der Waals surface area (Å²) in [6.07, 6.45) is 1.92. The van der Waals surface area contributed by atoms with E-state index in [1.165, 1.54) is 5.56 Å². The Morgan fingerprint density at radius 3 is 2.58 bits per heavy atom. The smallest absolute Gasteiger partial charge is 0.0648 e. The van der Waals surface area contributed by atoms with Crippen LogP contribution in [0.2, 0.25) is 0 Å². The van der Waals surface area contributed by atoms with Crippen molar-refractivity contribution in [2.75, 3.05) is 0 Å². The molecule has 19 heavy (non-hydrogen) atoms. The molecule has 1 aromatic carbocycles. The molecule has 100 valence electrons. The van der Waals surface area contributed by atoms with Crippen LogP contribution in [0.15, 0.2) is 36.4 Å². The first-order valence-electron chi connectivity index (χ1n) is 6.51. The van der Waals surface area contributed by atoms with Crippen LogP contribution in [0.5, 0.6) is 0 Å². The summed E-state index contributed by atoms with van der Waals surface area (Å²) in [6, 6.07) is 12.6. The van der Waals surface area contributed by atoms with E-state index in [2.05, 4.69) is 46.0 Å². The van der Waals surface area contributed by atoms with Gasteiger partial charge in [-0.25, -0.2) is 0 Å². The van der Waals surface area contributed by atoms with Gasteiger partial charge in [0.25, 0.3) is 0 Å². The van der Waals surface area contributed by atoms with Crippen LogP contribution in [-0.2, 0) is 6.42 Å². The molecule has 0 aliphatic carbocycles. The molecule has 0 spiro atoms. The predicted molar refractivity (Wildman–Crippen MR) is 76.3 cm³/mol. The van der Waals surface area contributed by atoms with Crippen molar-refractivity contribution in [3.05, 3.63) is 58.9 Å². The normalized spacial score (nSPS) is 12.4. The molecule has 1 atom stereocenters. The van der Waals surface area contributed by atoms with Gasteiger partial charge < -0.3 is 0 Å². The molecule has 0 bridgehead atoms. The summed E-state index contributed by atoms with van der Waals surface area (Å²) in [5, 5.41) is 8.21. The topological polar surface area (TPSA) is 63.8 Å². The maximum absolute atomic E-state index is 5.69. The van der Waals surface area contributed by atoms with Gasteiger partial charge in [-0.05, 0) is 43.9 Å². The summed E-state index contributed by atoms with van der Waals surface area (Å²) >= 11 is 0. The molecule has 1 aromatic heterocycles. The third-order valence-corrected chi connectivity index (χ3v) is 3.28. The summed E-state index contributed by atoms with van der Waals surface area (Å²) in [4.78, 5) is 0. The third kappa shape index (κ3) is 3.59. The lowest BCUT2D eigenvalue weighted by molar-refractivity contribution is 0.510. The quantitative estimate of drug-likeness (QED) is 0.636. The van der Waals surface area contributed by atoms with Crippen molar-refractivity contribution in [1.82, 2.24) is 15.6 Å². The number of aryl methyl sites for hydroxylation is 3. The molecule has 0 aliphatic heterocycles. The Morgan fingerprint density at radius 1 is 1.16 bits per heavy atom. The number of aromatic nitrogens is 2. The summed E-state index contributed by atoms with van der Waals surface area (Å²) < 4.78 is 0. The summed E-state index contributed by atoms with van der Waals surface area (Å²) in [6.45, 7) is 3.91. The van der Waals surface area contributed by atoms with Gasteiger partial charge in [0.2, 0.25) is 0 Å². The number of nitrogens with one attached hydrogen (secondary N) is 1. The second kappa shape index (κ2) is 6.41. The molecule has 0 aliphatic rings. The van der Waals surface area contributed by atoms with Crippen molar-refractivity contribution in [3.63, 3.8) is 0 Å². The zero-order chi connectivity index (χ0) is 13.7. The lowest BCUT2D eigenvalue weighted by atomic mass is 9.98. The molecule has 0 radical (unpaired) electrons. The van der Waals surface area contributed by atoms with Crippen molar-refractivity contribution >= 4 is 0 Å².